The minimum atomic E-state index is -1.53. The molecule has 7 heterocycles. The van der Waals surface area contributed by atoms with Crippen molar-refractivity contribution in [3.8, 4) is 0 Å². The number of fused-ring (bicyclic) bond motifs is 10. The first-order valence-corrected chi connectivity index (χ1v) is 23.8. The summed E-state index contributed by atoms with van der Waals surface area (Å²) in [6.45, 7) is 22.0. The number of hydrogen-bond acceptors (Lipinski definition) is 15. The number of amides is 4. The lowest BCUT2D eigenvalue weighted by Crippen LogP contribution is -2.78. The molecular formula is C46H61N9O8S2. The summed E-state index contributed by atoms with van der Waals surface area (Å²) in [6.07, 6.45) is -1.86. The molecule has 6 unspecified atom stereocenters. The Kier molecular flexibility index (Phi) is 10.4. The minimum Gasteiger partial charge on any atom is -0.375 e. The number of anilines is 1. The predicted octanol–water partition coefficient (Wildman–Crippen LogP) is 4.62. The second kappa shape index (κ2) is 14.5. The second-order valence-electron chi connectivity index (χ2n) is 22.0. The van der Waals surface area contributed by atoms with Crippen LogP contribution in [0.25, 0.3) is 0 Å². The van der Waals surface area contributed by atoms with Crippen LogP contribution in [0.1, 0.15) is 122 Å². The van der Waals surface area contributed by atoms with Crippen molar-refractivity contribution in [2.24, 2.45) is 39.7 Å². The summed E-state index contributed by atoms with van der Waals surface area (Å²) in [6, 6.07) is 5.08. The molecule has 5 aliphatic rings. The van der Waals surface area contributed by atoms with Crippen LogP contribution in [0.5, 0.6) is 0 Å². The molecule has 8 N–H and O–H groups in total. The van der Waals surface area contributed by atoms with Crippen molar-refractivity contribution in [3.63, 3.8) is 0 Å². The van der Waals surface area contributed by atoms with Gasteiger partial charge in [-0.2, -0.15) is 0 Å². The standard InChI is InChI=1S/C46H61N9O8S2/c1-23-20-28(45-35-51-26(21-64-35)43(45,33(47)58)16-18-53(45)29(40(5,6)7)31(56)62-37(49)60)55(25-14-12-24(13-15-25)39(2,3)4)42(23,11)46-36-52-27(22-65-36)44(46,34(48)59)17-19-54(46)30(41(8,9)10)32(57)63-38(50)61/h12-15,21-23,28-30H,16-20H2,1-11H3,(H2,47,58)(H2,48,59)(H2,49,60)(H2,50,61)/t23?,28?,29?,30?,42-,43?,44?,45-,46+/m0/s1. The minimum absolute atomic E-state index is 0.169. The van der Waals surface area contributed by atoms with E-state index < -0.39 is 98.3 Å². The van der Waals surface area contributed by atoms with Gasteiger partial charge in [0.15, 0.2) is 0 Å². The zero-order chi connectivity index (χ0) is 48.0. The molecule has 0 saturated carbocycles. The van der Waals surface area contributed by atoms with Gasteiger partial charge in [-0.05, 0) is 66.0 Å². The maximum absolute atomic E-state index is 14.8. The van der Waals surface area contributed by atoms with Gasteiger partial charge < -0.3 is 37.3 Å². The van der Waals surface area contributed by atoms with Crippen LogP contribution in [0, 0.1) is 16.7 Å². The van der Waals surface area contributed by atoms with Gasteiger partial charge in [-0.15, -0.1) is 22.7 Å². The number of thiazole rings is 2. The van der Waals surface area contributed by atoms with Crippen LogP contribution in [0.3, 0.4) is 0 Å². The highest BCUT2D eigenvalue weighted by Crippen LogP contribution is 2.73. The molecule has 8 rings (SSSR count). The first-order valence-electron chi connectivity index (χ1n) is 22.0. The first-order chi connectivity index (χ1) is 30.0. The number of benzene rings is 1. The Hall–Kier alpha value is -4.98. The fourth-order valence-corrected chi connectivity index (χ4v) is 15.8. The molecule has 65 heavy (non-hydrogen) atoms. The van der Waals surface area contributed by atoms with Gasteiger partial charge in [-0.3, -0.25) is 19.4 Å². The number of primary amides is 4. The molecule has 17 nitrogen and oxygen atoms in total. The highest BCUT2D eigenvalue weighted by Gasteiger charge is 2.85. The summed E-state index contributed by atoms with van der Waals surface area (Å²) in [5, 5.41) is 4.78. The number of ether oxygens (including phenoxy) is 2. The largest absolute Gasteiger partial charge is 0.412 e. The Bertz CT molecular complexity index is 2520. The Morgan fingerprint density at radius 3 is 1.66 bits per heavy atom. The number of nitrogens with two attached hydrogens (primary N) is 4. The number of carbonyl (C=O) groups is 6. The van der Waals surface area contributed by atoms with E-state index in [0.29, 0.717) is 33.5 Å². The fourth-order valence-electron chi connectivity index (χ4n) is 13.3. The lowest BCUT2D eigenvalue weighted by atomic mass is 9.56. The molecule has 350 valence electrons. The fraction of sp³-hybridized carbons (Fsp3) is 0.609. The van der Waals surface area contributed by atoms with Crippen molar-refractivity contribution in [2.75, 3.05) is 18.0 Å². The Balaban J connectivity index is 1.50. The van der Waals surface area contributed by atoms with Crippen LogP contribution < -0.4 is 27.8 Å². The van der Waals surface area contributed by atoms with E-state index in [9.17, 15) is 28.8 Å². The maximum atomic E-state index is 14.8. The van der Waals surface area contributed by atoms with Crippen molar-refractivity contribution in [3.05, 3.63) is 62.0 Å². The Morgan fingerprint density at radius 1 is 0.708 bits per heavy atom. The van der Waals surface area contributed by atoms with Crippen LogP contribution in [0.2, 0.25) is 0 Å². The van der Waals surface area contributed by atoms with Crippen molar-refractivity contribution >= 4 is 64.3 Å². The van der Waals surface area contributed by atoms with Gasteiger partial charge >= 0.3 is 24.1 Å². The van der Waals surface area contributed by atoms with Gasteiger partial charge in [-0.25, -0.2) is 29.1 Å². The zero-order valence-corrected chi connectivity index (χ0v) is 40.6. The first kappa shape index (κ1) is 46.5. The summed E-state index contributed by atoms with van der Waals surface area (Å²) in [7, 11) is 0. The summed E-state index contributed by atoms with van der Waals surface area (Å²) in [5.41, 5.74) is 17.9. The third-order valence-electron chi connectivity index (χ3n) is 15.7. The average Bonchev–Trinajstić information content (AvgIpc) is 4.02. The molecule has 0 radical (unpaired) electrons. The van der Waals surface area contributed by atoms with E-state index in [-0.39, 0.29) is 31.3 Å². The van der Waals surface area contributed by atoms with Crippen LogP contribution in [0.15, 0.2) is 35.0 Å². The van der Waals surface area contributed by atoms with Crippen molar-refractivity contribution in [2.45, 2.75) is 146 Å². The van der Waals surface area contributed by atoms with E-state index in [1.165, 1.54) is 22.7 Å². The molecule has 3 aromatic rings. The van der Waals surface area contributed by atoms with E-state index in [1.807, 2.05) is 74.2 Å². The summed E-state index contributed by atoms with van der Waals surface area (Å²) in [4.78, 5) is 99.9. The van der Waals surface area contributed by atoms with E-state index in [0.717, 1.165) is 5.56 Å². The summed E-state index contributed by atoms with van der Waals surface area (Å²) >= 11 is 2.72. The number of carbonyl (C=O) groups excluding carboxylic acids is 6. The molecule has 19 heteroatoms. The van der Waals surface area contributed by atoms with E-state index in [2.05, 4.69) is 51.7 Å². The second-order valence-corrected chi connectivity index (χ2v) is 23.7. The lowest BCUT2D eigenvalue weighted by molar-refractivity contribution is -0.157. The topological polar surface area (TPSA) is 260 Å². The third kappa shape index (κ3) is 5.79. The number of nitrogens with zero attached hydrogens (tertiary/aromatic N) is 5. The van der Waals surface area contributed by atoms with Crippen LogP contribution in [-0.2, 0) is 56.0 Å². The lowest BCUT2D eigenvalue weighted by Gasteiger charge is -2.62. The molecule has 9 atom stereocenters. The SMILES string of the molecule is CC1CC([C@]23c4nc(cs4)C2(C(N)=O)CCN3C(C(=O)OC(N)=O)C(C)(C)C)N(c2ccc(C(C)(C)C)cc2)[C@]1(C)[C@]12c3nc(cs3)C1(C(N)=O)CCN2C(C(=O)OC(N)=O)C(C)(C)C. The van der Waals surface area contributed by atoms with Crippen LogP contribution in [0.4, 0.5) is 15.3 Å². The van der Waals surface area contributed by atoms with E-state index in [1.54, 1.807) is 0 Å². The smallest absolute Gasteiger partial charge is 0.375 e. The van der Waals surface area contributed by atoms with Gasteiger partial charge in [0.25, 0.3) is 0 Å². The van der Waals surface area contributed by atoms with Gasteiger partial charge in [0.2, 0.25) is 11.8 Å². The summed E-state index contributed by atoms with van der Waals surface area (Å²) < 4.78 is 10.5. The normalized spacial score (nSPS) is 31.6. The number of rotatable bonds is 9. The number of likely N-dealkylation sites (tertiary alicyclic amines) is 2. The number of hydrogen-bond donors (Lipinski definition) is 4. The quantitative estimate of drug-likeness (QED) is 0.169. The summed E-state index contributed by atoms with van der Waals surface area (Å²) in [5.74, 6) is -3.48. The van der Waals surface area contributed by atoms with E-state index in [4.69, 9.17) is 42.4 Å². The molecule has 1 aromatic carbocycles. The molecule has 0 spiro atoms. The highest BCUT2D eigenvalue weighted by atomic mass is 32.1. The zero-order valence-electron chi connectivity index (χ0n) is 38.9. The molecule has 2 aromatic heterocycles. The number of aromatic nitrogens is 2. The molecule has 4 amide bonds. The Labute approximate surface area is 386 Å². The van der Waals surface area contributed by atoms with Gasteiger partial charge in [0.05, 0.1) is 23.0 Å². The molecule has 0 aliphatic carbocycles. The monoisotopic (exact) mass is 931 g/mol. The molecule has 3 fully saturated rings. The highest BCUT2D eigenvalue weighted by molar-refractivity contribution is 7.10. The molecular weight excluding hydrogens is 871 g/mol. The number of esters is 2. The van der Waals surface area contributed by atoms with E-state index >= 15 is 0 Å². The van der Waals surface area contributed by atoms with Crippen molar-refractivity contribution in [1.29, 1.82) is 0 Å². The predicted molar refractivity (Wildman–Crippen MR) is 243 cm³/mol. The van der Waals surface area contributed by atoms with Crippen LogP contribution >= 0.6 is 22.7 Å². The average molecular weight is 932 g/mol. The van der Waals surface area contributed by atoms with Gasteiger partial charge in [-0.1, -0.05) is 81.4 Å². The van der Waals surface area contributed by atoms with Gasteiger partial charge in [0, 0.05) is 29.5 Å². The third-order valence-corrected chi connectivity index (χ3v) is 17.6. The van der Waals surface area contributed by atoms with Gasteiger partial charge in [0.1, 0.15) is 44.0 Å². The van der Waals surface area contributed by atoms with Crippen molar-refractivity contribution in [1.82, 2.24) is 19.8 Å². The molecule has 3 saturated heterocycles. The van der Waals surface area contributed by atoms with Crippen molar-refractivity contribution < 1.29 is 38.2 Å². The molecule has 5 aliphatic heterocycles. The molecule has 4 bridgehead atoms. The maximum Gasteiger partial charge on any atom is 0.412 e. The Morgan fingerprint density at radius 2 is 1.17 bits per heavy atom. The van der Waals surface area contributed by atoms with Crippen LogP contribution in [-0.4, -0.2) is 92.5 Å².